The largest absolute Gasteiger partial charge is 0.382 e. The van der Waals surface area contributed by atoms with E-state index in [1.54, 1.807) is 12.0 Å². The number of anilines is 1. The van der Waals surface area contributed by atoms with Gasteiger partial charge in [0.2, 0.25) is 5.91 Å². The Balaban J connectivity index is 1.21. The molecule has 4 rings (SSSR count). The minimum absolute atomic E-state index is 0.0638. The zero-order valence-corrected chi connectivity index (χ0v) is 19.0. The highest BCUT2D eigenvalue weighted by atomic mass is 16.5. The van der Waals surface area contributed by atoms with E-state index in [1.165, 1.54) is 5.56 Å². The number of methoxy groups -OCH3 is 1. The summed E-state index contributed by atoms with van der Waals surface area (Å²) in [7, 11) is 1.61. The Morgan fingerprint density at radius 2 is 1.91 bits per heavy atom. The molecule has 0 radical (unpaired) electrons. The molecule has 3 aliphatic rings. The Morgan fingerprint density at radius 3 is 2.64 bits per heavy atom. The van der Waals surface area contributed by atoms with Crippen LogP contribution in [0.4, 0.5) is 10.5 Å². The first-order valence-electron chi connectivity index (χ1n) is 11.5. The molecule has 0 bridgehead atoms. The number of hydrogen-bond donors (Lipinski definition) is 3. The predicted molar refractivity (Wildman–Crippen MR) is 126 cm³/mol. The van der Waals surface area contributed by atoms with E-state index < -0.39 is 0 Å². The molecule has 8 heteroatoms. The number of carbonyl (C=O) groups excluding carboxylic acids is 2. The highest BCUT2D eigenvalue weighted by molar-refractivity contribution is 5.91. The lowest BCUT2D eigenvalue weighted by Crippen LogP contribution is -2.39. The van der Waals surface area contributed by atoms with Gasteiger partial charge in [-0.3, -0.25) is 9.69 Å². The summed E-state index contributed by atoms with van der Waals surface area (Å²) >= 11 is 0. The van der Waals surface area contributed by atoms with Gasteiger partial charge in [-0.05, 0) is 66.5 Å². The zero-order chi connectivity index (χ0) is 23.0. The number of nitrogens with one attached hydrogen (secondary N) is 3. The minimum Gasteiger partial charge on any atom is -0.382 e. The second kappa shape index (κ2) is 11.2. The van der Waals surface area contributed by atoms with E-state index >= 15 is 0 Å². The molecule has 0 saturated heterocycles. The number of fused-ring (bicyclic) bond motifs is 1. The Labute approximate surface area is 194 Å². The molecule has 0 unspecified atom stereocenters. The summed E-state index contributed by atoms with van der Waals surface area (Å²) in [4.78, 5) is 26.3. The Morgan fingerprint density at radius 1 is 1.12 bits per heavy atom. The Kier molecular flexibility index (Phi) is 7.80. The lowest BCUT2D eigenvalue weighted by molar-refractivity contribution is -0.127. The zero-order valence-electron chi connectivity index (χ0n) is 19.0. The van der Waals surface area contributed by atoms with Crippen LogP contribution < -0.4 is 16.0 Å². The summed E-state index contributed by atoms with van der Waals surface area (Å²) in [6, 6.07) is 8.20. The van der Waals surface area contributed by atoms with Crippen molar-refractivity contribution in [2.75, 3.05) is 38.8 Å². The van der Waals surface area contributed by atoms with E-state index in [2.05, 4.69) is 28.1 Å². The van der Waals surface area contributed by atoms with Crippen molar-refractivity contribution in [2.45, 2.75) is 37.6 Å². The molecule has 176 valence electrons. The van der Waals surface area contributed by atoms with E-state index in [0.717, 1.165) is 42.5 Å². The average molecular weight is 453 g/mol. The van der Waals surface area contributed by atoms with E-state index in [4.69, 9.17) is 9.47 Å². The van der Waals surface area contributed by atoms with Gasteiger partial charge in [-0.15, -0.1) is 0 Å². The molecule has 2 heterocycles. The maximum atomic E-state index is 12.6. The molecule has 0 aromatic heterocycles. The lowest BCUT2D eigenvalue weighted by Gasteiger charge is -2.29. The third-order valence-corrected chi connectivity index (χ3v) is 6.27. The first-order valence-corrected chi connectivity index (χ1v) is 11.5. The highest BCUT2D eigenvalue weighted by Gasteiger charge is 2.25. The third kappa shape index (κ3) is 6.24. The normalized spacial score (nSPS) is 21.5. The summed E-state index contributed by atoms with van der Waals surface area (Å²) in [6.07, 6.45) is 11.6. The number of ether oxygens (including phenoxy) is 2. The molecule has 1 aromatic carbocycles. The van der Waals surface area contributed by atoms with Crippen molar-refractivity contribution in [3.05, 3.63) is 65.7 Å². The smallest absolute Gasteiger partial charge is 0.326 e. The molecule has 0 atom stereocenters. The molecular formula is C25H32N4O4. The van der Waals surface area contributed by atoms with Gasteiger partial charge in [0, 0.05) is 37.4 Å². The van der Waals surface area contributed by atoms with Gasteiger partial charge in [0.15, 0.2) is 0 Å². The number of rotatable bonds is 8. The molecule has 1 aromatic rings. The van der Waals surface area contributed by atoms with Crippen LogP contribution in [0.15, 0.2) is 60.1 Å². The molecule has 33 heavy (non-hydrogen) atoms. The van der Waals surface area contributed by atoms with Crippen molar-refractivity contribution >= 4 is 17.6 Å². The topological polar surface area (TPSA) is 91.9 Å². The van der Waals surface area contributed by atoms with Crippen LogP contribution in [-0.2, 0) is 14.3 Å². The standard InChI is InChI=1S/C25H32N4O4/c1-32-12-13-33-17-24(30)27-22-6-2-18(3-7-22)19-4-8-23(9-5-19)28-25(31)29-15-20-10-11-26-14-21(20)16-29/h4-5,8-11,14-15,18,22,26H,2-3,6-7,12-13,16-17H2,1H3,(H,27,30)(H,28,31)/t18-,22-. The van der Waals surface area contributed by atoms with E-state index in [0.29, 0.717) is 25.7 Å². The first kappa shape index (κ1) is 23.1. The van der Waals surface area contributed by atoms with Crippen LogP contribution >= 0.6 is 0 Å². The fourth-order valence-electron chi connectivity index (χ4n) is 4.45. The molecule has 0 spiro atoms. The molecule has 2 aliphatic heterocycles. The van der Waals surface area contributed by atoms with Crippen LogP contribution in [0.5, 0.6) is 0 Å². The van der Waals surface area contributed by atoms with Crippen LogP contribution in [0.3, 0.4) is 0 Å². The van der Waals surface area contributed by atoms with E-state index in [1.807, 2.05) is 36.8 Å². The third-order valence-electron chi connectivity index (χ3n) is 6.27. The fraction of sp³-hybridized carbons (Fsp3) is 0.440. The second-order valence-electron chi connectivity index (χ2n) is 8.60. The van der Waals surface area contributed by atoms with Crippen LogP contribution in [-0.4, -0.2) is 56.4 Å². The second-order valence-corrected chi connectivity index (χ2v) is 8.60. The molecular weight excluding hydrogens is 420 g/mol. The summed E-state index contributed by atoms with van der Waals surface area (Å²) in [5.41, 5.74) is 4.23. The summed E-state index contributed by atoms with van der Waals surface area (Å²) < 4.78 is 10.2. The summed E-state index contributed by atoms with van der Waals surface area (Å²) in [5.74, 6) is 0.407. The molecule has 3 amide bonds. The monoisotopic (exact) mass is 452 g/mol. The van der Waals surface area contributed by atoms with Crippen molar-refractivity contribution in [2.24, 2.45) is 0 Å². The maximum Gasteiger partial charge on any atom is 0.326 e. The van der Waals surface area contributed by atoms with Crippen molar-refractivity contribution in [1.82, 2.24) is 15.5 Å². The number of dihydropyridines is 1. The molecule has 1 saturated carbocycles. The number of allylic oxidation sites excluding steroid dienone is 1. The molecule has 1 fully saturated rings. The summed E-state index contributed by atoms with van der Waals surface area (Å²) in [5, 5.41) is 9.11. The first-order chi connectivity index (χ1) is 16.1. The molecule has 1 aliphatic carbocycles. The van der Waals surface area contributed by atoms with E-state index in [-0.39, 0.29) is 24.6 Å². The number of amides is 3. The lowest BCUT2D eigenvalue weighted by atomic mass is 9.81. The van der Waals surface area contributed by atoms with Crippen molar-refractivity contribution in [3.8, 4) is 0 Å². The number of carbonyl (C=O) groups is 2. The van der Waals surface area contributed by atoms with Gasteiger partial charge in [0.05, 0.1) is 19.8 Å². The highest BCUT2D eigenvalue weighted by Crippen LogP contribution is 2.33. The average Bonchev–Trinajstić information content (AvgIpc) is 3.28. The van der Waals surface area contributed by atoms with Gasteiger partial charge in [0.25, 0.3) is 0 Å². The minimum atomic E-state index is -0.138. The van der Waals surface area contributed by atoms with Gasteiger partial charge < -0.3 is 25.4 Å². The van der Waals surface area contributed by atoms with Crippen molar-refractivity contribution < 1.29 is 19.1 Å². The van der Waals surface area contributed by atoms with Gasteiger partial charge in [-0.1, -0.05) is 12.1 Å². The predicted octanol–water partition coefficient (Wildman–Crippen LogP) is 3.22. The van der Waals surface area contributed by atoms with Gasteiger partial charge >= 0.3 is 6.03 Å². The number of benzene rings is 1. The van der Waals surface area contributed by atoms with Crippen LogP contribution in [0.2, 0.25) is 0 Å². The number of urea groups is 1. The summed E-state index contributed by atoms with van der Waals surface area (Å²) in [6.45, 7) is 1.56. The van der Waals surface area contributed by atoms with Crippen LogP contribution in [0, 0.1) is 0 Å². The van der Waals surface area contributed by atoms with Gasteiger partial charge in [-0.25, -0.2) is 4.79 Å². The number of nitrogens with zero attached hydrogens (tertiary/aromatic N) is 1. The quantitative estimate of drug-likeness (QED) is 0.527. The Hall–Kier alpha value is -3.10. The van der Waals surface area contributed by atoms with Gasteiger partial charge in [0.1, 0.15) is 6.61 Å². The van der Waals surface area contributed by atoms with Crippen molar-refractivity contribution in [1.29, 1.82) is 0 Å². The van der Waals surface area contributed by atoms with Crippen LogP contribution in [0.25, 0.3) is 0 Å². The van der Waals surface area contributed by atoms with Crippen molar-refractivity contribution in [3.63, 3.8) is 0 Å². The van der Waals surface area contributed by atoms with Gasteiger partial charge in [-0.2, -0.15) is 0 Å². The van der Waals surface area contributed by atoms with E-state index in [9.17, 15) is 9.59 Å². The van der Waals surface area contributed by atoms with Crippen LogP contribution in [0.1, 0.15) is 37.2 Å². The maximum absolute atomic E-state index is 12.6. The fourth-order valence-corrected chi connectivity index (χ4v) is 4.45. The number of hydrogen-bond acceptors (Lipinski definition) is 5. The SMILES string of the molecule is COCCOCC(=O)N[C@H]1CC[C@H](c2ccc(NC(=O)N3C=C4C=CNC=C4C3)cc2)CC1. The molecule has 3 N–H and O–H groups in total. The Bertz CT molecular complexity index is 930. The molecule has 8 nitrogen and oxygen atoms in total.